The van der Waals surface area contributed by atoms with E-state index in [4.69, 9.17) is 21.7 Å². The smallest absolute Gasteiger partial charge is 0.0452 e. The second-order valence-electron chi connectivity index (χ2n) is 1.73. The van der Waals surface area contributed by atoms with Crippen molar-refractivity contribution in [2.24, 2.45) is 11.5 Å². The Morgan fingerprint density at radius 1 is 0.800 bits per heavy atom. The average molecular weight is 150 g/mol. The molecule has 0 radical (unpaired) electrons. The lowest BCUT2D eigenvalue weighted by molar-refractivity contribution is 0.221. The molecule has 0 aromatic rings. The van der Waals surface area contributed by atoms with E-state index in [1.54, 1.807) is 0 Å². The molecule has 4 heteroatoms. The van der Waals surface area contributed by atoms with Crippen LogP contribution in [-0.4, -0.2) is 36.5 Å². The minimum absolute atomic E-state index is 0.0938. The fourth-order valence-corrected chi connectivity index (χ4v) is 0.189. The Morgan fingerprint density at radius 3 is 1.20 bits per heavy atom. The Bertz CT molecular complexity index is 34.7. The van der Waals surface area contributed by atoms with Crippen molar-refractivity contribution in [3.05, 3.63) is 0 Å². The van der Waals surface area contributed by atoms with E-state index in [1.807, 2.05) is 0 Å². The number of hydrogen-bond acceptors (Lipinski definition) is 4. The highest BCUT2D eigenvalue weighted by Gasteiger charge is 1.70. The summed E-state index contributed by atoms with van der Waals surface area (Å²) in [7, 11) is 0. The largest absolute Gasteiger partial charge is 0.396 e. The minimum Gasteiger partial charge on any atom is -0.396 e. The van der Waals surface area contributed by atoms with E-state index in [-0.39, 0.29) is 13.2 Å². The Labute approximate surface area is 61.8 Å². The van der Waals surface area contributed by atoms with Crippen LogP contribution >= 0.6 is 0 Å². The van der Waals surface area contributed by atoms with Crippen LogP contribution in [0.4, 0.5) is 0 Å². The molecule has 0 aliphatic rings. The first-order valence-electron chi connectivity index (χ1n) is 3.45. The molecule has 0 bridgehead atoms. The van der Waals surface area contributed by atoms with Gasteiger partial charge >= 0.3 is 0 Å². The van der Waals surface area contributed by atoms with E-state index in [9.17, 15) is 0 Å². The lowest BCUT2D eigenvalue weighted by Crippen LogP contribution is -2.06. The average Bonchev–Trinajstić information content (AvgIpc) is 1.93. The number of aliphatic hydroxyl groups excluding tert-OH is 2. The van der Waals surface area contributed by atoms with Crippen LogP contribution in [0.3, 0.4) is 0 Å². The highest BCUT2D eigenvalue weighted by molar-refractivity contribution is 4.33. The number of rotatable bonds is 4. The van der Waals surface area contributed by atoms with Gasteiger partial charge in [-0.2, -0.15) is 0 Å². The zero-order valence-electron chi connectivity index (χ0n) is 6.29. The standard InChI is InChI=1S/C3H10N2.C3H8O2/c2*4-2-1-3-5/h1-5H2;4-5H,1-3H2. The lowest BCUT2D eigenvalue weighted by atomic mass is 10.4. The first-order valence-corrected chi connectivity index (χ1v) is 3.45. The lowest BCUT2D eigenvalue weighted by Gasteiger charge is -1.81. The Balaban J connectivity index is 0. The molecule has 0 spiro atoms. The molecule has 0 atom stereocenters. The molecule has 0 fully saturated rings. The quantitative estimate of drug-likeness (QED) is 0.399. The van der Waals surface area contributed by atoms with Crippen LogP contribution in [0.1, 0.15) is 12.8 Å². The van der Waals surface area contributed by atoms with E-state index in [0.29, 0.717) is 6.42 Å². The zero-order chi connectivity index (χ0) is 8.24. The zero-order valence-corrected chi connectivity index (χ0v) is 6.29. The van der Waals surface area contributed by atoms with Gasteiger partial charge in [-0.1, -0.05) is 0 Å². The van der Waals surface area contributed by atoms with Crippen molar-refractivity contribution in [3.8, 4) is 0 Å². The van der Waals surface area contributed by atoms with Gasteiger partial charge in [0, 0.05) is 13.2 Å². The van der Waals surface area contributed by atoms with E-state index in [0.717, 1.165) is 19.5 Å². The van der Waals surface area contributed by atoms with Crippen molar-refractivity contribution in [1.82, 2.24) is 0 Å². The summed E-state index contributed by atoms with van der Waals surface area (Å²) in [4.78, 5) is 0. The van der Waals surface area contributed by atoms with Gasteiger partial charge in [0.15, 0.2) is 0 Å². The Morgan fingerprint density at radius 2 is 1.20 bits per heavy atom. The molecule has 0 aliphatic heterocycles. The van der Waals surface area contributed by atoms with Gasteiger partial charge in [-0.25, -0.2) is 0 Å². The van der Waals surface area contributed by atoms with Gasteiger partial charge in [0.25, 0.3) is 0 Å². The molecule has 6 N–H and O–H groups in total. The van der Waals surface area contributed by atoms with Crippen molar-refractivity contribution in [2.75, 3.05) is 26.3 Å². The van der Waals surface area contributed by atoms with Gasteiger partial charge in [-0.15, -0.1) is 0 Å². The van der Waals surface area contributed by atoms with Crippen molar-refractivity contribution in [1.29, 1.82) is 0 Å². The van der Waals surface area contributed by atoms with Gasteiger partial charge in [-0.05, 0) is 25.9 Å². The monoisotopic (exact) mass is 150 g/mol. The second-order valence-corrected chi connectivity index (χ2v) is 1.73. The van der Waals surface area contributed by atoms with Gasteiger partial charge in [0.1, 0.15) is 0 Å². The summed E-state index contributed by atoms with van der Waals surface area (Å²) < 4.78 is 0. The summed E-state index contributed by atoms with van der Waals surface area (Å²) in [5.74, 6) is 0. The molecule has 0 heterocycles. The second kappa shape index (κ2) is 15.9. The van der Waals surface area contributed by atoms with Crippen molar-refractivity contribution < 1.29 is 10.2 Å². The van der Waals surface area contributed by atoms with Crippen LogP contribution in [0.5, 0.6) is 0 Å². The van der Waals surface area contributed by atoms with Crippen molar-refractivity contribution >= 4 is 0 Å². The fourth-order valence-electron chi connectivity index (χ4n) is 0.189. The number of aliphatic hydroxyl groups is 2. The third kappa shape index (κ3) is 24.9. The third-order valence-corrected chi connectivity index (χ3v) is 0.724. The van der Waals surface area contributed by atoms with Crippen molar-refractivity contribution in [3.63, 3.8) is 0 Å². The number of nitrogens with two attached hydrogens (primary N) is 2. The summed E-state index contributed by atoms with van der Waals surface area (Å²) >= 11 is 0. The number of hydrogen-bond donors (Lipinski definition) is 4. The highest BCUT2D eigenvalue weighted by Crippen LogP contribution is 1.65. The predicted molar refractivity (Wildman–Crippen MR) is 41.5 cm³/mol. The minimum atomic E-state index is 0.0938. The van der Waals surface area contributed by atoms with Gasteiger partial charge in [0.05, 0.1) is 0 Å². The SMILES string of the molecule is NCCCN.OCCCO. The van der Waals surface area contributed by atoms with Crippen molar-refractivity contribution in [2.45, 2.75) is 12.8 Å². The summed E-state index contributed by atoms with van der Waals surface area (Å²) in [5, 5.41) is 15.8. The Kier molecular flexibility index (Phi) is 19.9. The molecule has 0 aromatic heterocycles. The molecule has 0 aromatic carbocycles. The van der Waals surface area contributed by atoms with Crippen LogP contribution < -0.4 is 11.5 Å². The maximum atomic E-state index is 7.91. The molecule has 10 heavy (non-hydrogen) atoms. The Hall–Kier alpha value is -0.160. The summed E-state index contributed by atoms with van der Waals surface area (Å²) in [6.07, 6.45) is 1.44. The molecule has 0 aliphatic carbocycles. The van der Waals surface area contributed by atoms with Crippen LogP contribution in [0, 0.1) is 0 Å². The third-order valence-electron chi connectivity index (χ3n) is 0.724. The van der Waals surface area contributed by atoms with Crippen LogP contribution in [0.2, 0.25) is 0 Å². The van der Waals surface area contributed by atoms with Crippen LogP contribution in [-0.2, 0) is 0 Å². The van der Waals surface area contributed by atoms with Gasteiger partial charge < -0.3 is 21.7 Å². The van der Waals surface area contributed by atoms with Crippen LogP contribution in [0.15, 0.2) is 0 Å². The highest BCUT2D eigenvalue weighted by atomic mass is 16.3. The van der Waals surface area contributed by atoms with Crippen LogP contribution in [0.25, 0.3) is 0 Å². The molecular weight excluding hydrogens is 132 g/mol. The normalized spacial score (nSPS) is 8.40. The van der Waals surface area contributed by atoms with E-state index < -0.39 is 0 Å². The molecular formula is C6H18N2O2. The van der Waals surface area contributed by atoms with E-state index in [1.165, 1.54) is 0 Å². The molecule has 0 amide bonds. The van der Waals surface area contributed by atoms with E-state index >= 15 is 0 Å². The summed E-state index contributed by atoms with van der Waals surface area (Å²) in [6.45, 7) is 1.62. The first-order chi connectivity index (χ1) is 4.83. The molecule has 0 unspecified atom stereocenters. The maximum Gasteiger partial charge on any atom is 0.0452 e. The summed E-state index contributed by atoms with van der Waals surface area (Å²) in [5.41, 5.74) is 10.1. The molecule has 4 nitrogen and oxygen atoms in total. The first kappa shape index (κ1) is 12.5. The van der Waals surface area contributed by atoms with E-state index in [2.05, 4.69) is 0 Å². The molecule has 0 saturated carbocycles. The molecule has 0 saturated heterocycles. The molecule has 64 valence electrons. The maximum absolute atomic E-state index is 7.91. The van der Waals surface area contributed by atoms with Gasteiger partial charge in [-0.3, -0.25) is 0 Å². The topological polar surface area (TPSA) is 92.5 Å². The van der Waals surface area contributed by atoms with Gasteiger partial charge in [0.2, 0.25) is 0 Å². The fraction of sp³-hybridized carbons (Fsp3) is 1.00. The molecule has 0 rings (SSSR count). The predicted octanol–water partition coefficient (Wildman–Crippen LogP) is -1.34. The summed E-state index contributed by atoms with van der Waals surface area (Å²) in [6, 6.07) is 0.